The summed E-state index contributed by atoms with van der Waals surface area (Å²) >= 11 is 1.50. The van der Waals surface area contributed by atoms with E-state index in [9.17, 15) is 12.8 Å². The summed E-state index contributed by atoms with van der Waals surface area (Å²) in [5.74, 6) is -0.859. The molecule has 2 aromatic rings. The molecule has 3 N–H and O–H groups in total. The summed E-state index contributed by atoms with van der Waals surface area (Å²) in [5, 5.41) is 2.78. The van der Waals surface area contributed by atoms with Crippen molar-refractivity contribution in [3.05, 3.63) is 40.1 Å². The lowest BCUT2D eigenvalue weighted by molar-refractivity contribution is 0.558. The molecule has 1 aromatic heterocycles. The van der Waals surface area contributed by atoms with E-state index >= 15 is 0 Å². The summed E-state index contributed by atoms with van der Waals surface area (Å²) in [6, 6.07) is 3.78. The van der Waals surface area contributed by atoms with E-state index in [2.05, 4.69) is 9.71 Å². The van der Waals surface area contributed by atoms with Crippen molar-refractivity contribution in [3.63, 3.8) is 0 Å². The van der Waals surface area contributed by atoms with E-state index in [1.54, 1.807) is 0 Å². The van der Waals surface area contributed by atoms with E-state index in [1.165, 1.54) is 23.5 Å². The summed E-state index contributed by atoms with van der Waals surface area (Å²) in [6.45, 7) is 2.01. The SMILES string of the molecule is Cc1nc(CCNS(=O)(=O)c2c(N)cccc2F)cs1. The standard InChI is InChI=1S/C12H14FN3O2S2/c1-8-16-9(7-19-8)5-6-15-20(17,18)12-10(13)3-2-4-11(12)14/h2-4,7,15H,5-6,14H2,1H3. The van der Waals surface area contributed by atoms with Gasteiger partial charge in [0.25, 0.3) is 0 Å². The van der Waals surface area contributed by atoms with Gasteiger partial charge in [0.05, 0.1) is 16.4 Å². The Kier molecular flexibility index (Phi) is 4.36. The van der Waals surface area contributed by atoms with Crippen LogP contribution in [0.15, 0.2) is 28.5 Å². The second-order valence-corrected chi connectivity index (χ2v) is 6.93. The number of thiazole rings is 1. The van der Waals surface area contributed by atoms with Crippen molar-refractivity contribution in [2.75, 3.05) is 12.3 Å². The van der Waals surface area contributed by atoms with E-state index in [0.29, 0.717) is 6.42 Å². The first-order valence-electron chi connectivity index (χ1n) is 5.85. The Hall–Kier alpha value is -1.51. The zero-order valence-electron chi connectivity index (χ0n) is 10.8. The van der Waals surface area contributed by atoms with Crippen LogP contribution < -0.4 is 10.5 Å². The van der Waals surface area contributed by atoms with Crippen LogP contribution in [-0.4, -0.2) is 19.9 Å². The first-order valence-corrected chi connectivity index (χ1v) is 8.21. The van der Waals surface area contributed by atoms with Gasteiger partial charge in [-0.05, 0) is 19.1 Å². The third-order valence-corrected chi connectivity index (χ3v) is 4.98. The number of nitrogens with one attached hydrogen (secondary N) is 1. The lowest BCUT2D eigenvalue weighted by Crippen LogP contribution is -2.27. The highest BCUT2D eigenvalue weighted by molar-refractivity contribution is 7.89. The monoisotopic (exact) mass is 315 g/mol. The lowest BCUT2D eigenvalue weighted by Gasteiger charge is -2.09. The smallest absolute Gasteiger partial charge is 0.245 e. The zero-order valence-corrected chi connectivity index (χ0v) is 12.4. The number of nitrogens with zero attached hydrogens (tertiary/aromatic N) is 1. The van der Waals surface area contributed by atoms with Crippen molar-refractivity contribution < 1.29 is 12.8 Å². The number of nitrogens with two attached hydrogens (primary N) is 1. The number of nitrogen functional groups attached to an aromatic ring is 1. The quantitative estimate of drug-likeness (QED) is 0.822. The number of benzene rings is 1. The molecular weight excluding hydrogens is 301 g/mol. The fourth-order valence-corrected chi connectivity index (χ4v) is 3.58. The van der Waals surface area contributed by atoms with Gasteiger partial charge in [-0.25, -0.2) is 22.5 Å². The lowest BCUT2D eigenvalue weighted by atomic mass is 10.3. The summed E-state index contributed by atoms with van der Waals surface area (Å²) in [4.78, 5) is 3.72. The molecule has 0 spiro atoms. The molecule has 1 heterocycles. The van der Waals surface area contributed by atoms with Crippen molar-refractivity contribution in [1.82, 2.24) is 9.71 Å². The number of aryl methyl sites for hydroxylation is 1. The molecule has 0 fully saturated rings. The Morgan fingerprint density at radius 3 is 2.80 bits per heavy atom. The Morgan fingerprint density at radius 2 is 2.20 bits per heavy atom. The van der Waals surface area contributed by atoms with Gasteiger partial charge in [-0.1, -0.05) is 6.07 Å². The molecule has 1 aromatic carbocycles. The van der Waals surface area contributed by atoms with Crippen LogP contribution in [0.5, 0.6) is 0 Å². The van der Waals surface area contributed by atoms with Gasteiger partial charge in [0.15, 0.2) is 0 Å². The minimum Gasteiger partial charge on any atom is -0.398 e. The molecule has 0 saturated carbocycles. The van der Waals surface area contributed by atoms with Gasteiger partial charge in [0.1, 0.15) is 10.7 Å². The molecule has 0 atom stereocenters. The van der Waals surface area contributed by atoms with E-state index < -0.39 is 20.7 Å². The zero-order chi connectivity index (χ0) is 14.8. The maximum absolute atomic E-state index is 13.6. The van der Waals surface area contributed by atoms with E-state index in [4.69, 9.17) is 5.73 Å². The first kappa shape index (κ1) is 14.9. The minimum atomic E-state index is -3.96. The summed E-state index contributed by atoms with van der Waals surface area (Å²) in [7, 11) is -3.96. The topological polar surface area (TPSA) is 85.1 Å². The number of aromatic nitrogens is 1. The van der Waals surface area contributed by atoms with Crippen molar-refractivity contribution in [1.29, 1.82) is 0 Å². The molecule has 0 amide bonds. The Balaban J connectivity index is 2.08. The van der Waals surface area contributed by atoms with Crippen LogP contribution in [0.1, 0.15) is 10.7 Å². The fourth-order valence-electron chi connectivity index (χ4n) is 1.72. The minimum absolute atomic E-state index is 0.109. The molecule has 0 unspecified atom stereocenters. The van der Waals surface area contributed by atoms with Crippen molar-refractivity contribution in [2.45, 2.75) is 18.2 Å². The Bertz CT molecular complexity index is 693. The highest BCUT2D eigenvalue weighted by Crippen LogP contribution is 2.21. The van der Waals surface area contributed by atoms with Crippen LogP contribution in [0.25, 0.3) is 0 Å². The Morgan fingerprint density at radius 1 is 1.45 bits per heavy atom. The normalized spacial score (nSPS) is 11.7. The molecule has 0 aliphatic rings. The molecule has 0 aliphatic heterocycles. The van der Waals surface area contributed by atoms with E-state index in [-0.39, 0.29) is 12.2 Å². The molecule has 0 aliphatic carbocycles. The highest BCUT2D eigenvalue weighted by Gasteiger charge is 2.21. The average molecular weight is 315 g/mol. The van der Waals surface area contributed by atoms with Crippen molar-refractivity contribution in [3.8, 4) is 0 Å². The number of anilines is 1. The maximum Gasteiger partial charge on any atom is 0.245 e. The second kappa shape index (κ2) is 5.86. The largest absolute Gasteiger partial charge is 0.398 e. The molecular formula is C12H14FN3O2S2. The molecule has 0 radical (unpaired) electrons. The molecule has 108 valence electrons. The predicted molar refractivity (Wildman–Crippen MR) is 76.6 cm³/mol. The van der Waals surface area contributed by atoms with Crippen LogP contribution in [-0.2, 0) is 16.4 Å². The molecule has 0 bridgehead atoms. The third-order valence-electron chi connectivity index (χ3n) is 2.61. The molecule has 0 saturated heterocycles. The summed E-state index contributed by atoms with van der Waals surface area (Å²) in [5.41, 5.74) is 6.22. The molecule has 2 rings (SSSR count). The number of hydrogen-bond donors (Lipinski definition) is 2. The molecule has 5 nitrogen and oxygen atoms in total. The van der Waals surface area contributed by atoms with Gasteiger partial charge in [0.2, 0.25) is 10.0 Å². The Labute approximate surface area is 120 Å². The van der Waals surface area contributed by atoms with Gasteiger partial charge in [-0.3, -0.25) is 0 Å². The number of rotatable bonds is 5. The van der Waals surface area contributed by atoms with Crippen LogP contribution in [0.4, 0.5) is 10.1 Å². The number of halogens is 1. The van der Waals surface area contributed by atoms with Gasteiger partial charge < -0.3 is 5.73 Å². The number of sulfonamides is 1. The van der Waals surface area contributed by atoms with Gasteiger partial charge >= 0.3 is 0 Å². The van der Waals surface area contributed by atoms with Crippen molar-refractivity contribution in [2.24, 2.45) is 0 Å². The fraction of sp³-hybridized carbons (Fsp3) is 0.250. The van der Waals surface area contributed by atoms with E-state index in [0.717, 1.165) is 16.8 Å². The highest BCUT2D eigenvalue weighted by atomic mass is 32.2. The average Bonchev–Trinajstić information content (AvgIpc) is 2.74. The summed E-state index contributed by atoms with van der Waals surface area (Å²) in [6.07, 6.45) is 0.442. The molecule has 8 heteroatoms. The van der Waals surface area contributed by atoms with Gasteiger partial charge in [0, 0.05) is 18.3 Å². The second-order valence-electron chi connectivity index (χ2n) is 4.16. The molecule has 20 heavy (non-hydrogen) atoms. The maximum atomic E-state index is 13.6. The first-order chi connectivity index (χ1) is 9.40. The van der Waals surface area contributed by atoms with Crippen LogP contribution >= 0.6 is 11.3 Å². The van der Waals surface area contributed by atoms with Crippen LogP contribution in [0.2, 0.25) is 0 Å². The number of hydrogen-bond acceptors (Lipinski definition) is 5. The third kappa shape index (κ3) is 3.33. The van der Waals surface area contributed by atoms with Crippen LogP contribution in [0, 0.1) is 12.7 Å². The summed E-state index contributed by atoms with van der Waals surface area (Å²) < 4.78 is 40.0. The van der Waals surface area contributed by atoms with Crippen LogP contribution in [0.3, 0.4) is 0 Å². The van der Waals surface area contributed by atoms with Gasteiger partial charge in [-0.15, -0.1) is 11.3 Å². The van der Waals surface area contributed by atoms with E-state index in [1.807, 2.05) is 12.3 Å². The van der Waals surface area contributed by atoms with Gasteiger partial charge in [-0.2, -0.15) is 0 Å². The van der Waals surface area contributed by atoms with Crippen molar-refractivity contribution >= 4 is 27.0 Å². The predicted octanol–water partition coefficient (Wildman–Crippen LogP) is 1.69.